The predicted molar refractivity (Wildman–Crippen MR) is 108 cm³/mol. The molecular formula is C21H34N4O. The Balaban J connectivity index is 1.50. The van der Waals surface area contributed by atoms with Crippen LogP contribution < -0.4 is 16.0 Å². The lowest BCUT2D eigenvalue weighted by Crippen LogP contribution is -2.42. The van der Waals surface area contributed by atoms with E-state index in [0.29, 0.717) is 25.4 Å². The molecule has 144 valence electrons. The van der Waals surface area contributed by atoms with E-state index in [4.69, 9.17) is 0 Å². The van der Waals surface area contributed by atoms with E-state index >= 15 is 0 Å². The number of nitrogens with zero attached hydrogens (tertiary/aromatic N) is 1. The second-order valence-corrected chi connectivity index (χ2v) is 7.07. The lowest BCUT2D eigenvalue weighted by molar-refractivity contribution is -0.122. The minimum atomic E-state index is 0.185. The fraction of sp³-hybridized carbons (Fsp3) is 0.619. The molecule has 0 aliphatic heterocycles. The minimum absolute atomic E-state index is 0.185. The number of hydrogen-bond donors (Lipinski definition) is 3. The molecule has 0 aromatic heterocycles. The molecule has 1 fully saturated rings. The predicted octanol–water partition coefficient (Wildman–Crippen LogP) is 2.87. The van der Waals surface area contributed by atoms with Crippen molar-refractivity contribution in [3.63, 3.8) is 0 Å². The Bertz CT molecular complexity index is 538. The van der Waals surface area contributed by atoms with Crippen LogP contribution in [0.3, 0.4) is 0 Å². The van der Waals surface area contributed by atoms with Gasteiger partial charge in [0.2, 0.25) is 5.91 Å². The van der Waals surface area contributed by atoms with Gasteiger partial charge in [0.1, 0.15) is 0 Å². The number of carbonyl (C=O) groups is 1. The Kier molecular flexibility index (Phi) is 9.62. The van der Waals surface area contributed by atoms with Crippen molar-refractivity contribution in [3.8, 4) is 0 Å². The zero-order valence-electron chi connectivity index (χ0n) is 16.1. The molecule has 1 amide bonds. The van der Waals surface area contributed by atoms with Crippen molar-refractivity contribution in [1.29, 1.82) is 0 Å². The van der Waals surface area contributed by atoms with Crippen LogP contribution in [0, 0.1) is 5.92 Å². The van der Waals surface area contributed by atoms with E-state index < -0.39 is 0 Å². The molecule has 5 nitrogen and oxygen atoms in total. The molecule has 0 atom stereocenters. The molecule has 1 aliphatic carbocycles. The van der Waals surface area contributed by atoms with Crippen LogP contribution in [0.15, 0.2) is 35.3 Å². The molecule has 0 heterocycles. The lowest BCUT2D eigenvalue weighted by atomic mass is 9.87. The zero-order chi connectivity index (χ0) is 18.5. The summed E-state index contributed by atoms with van der Waals surface area (Å²) in [6.07, 6.45) is 9.13. The van der Waals surface area contributed by atoms with Crippen molar-refractivity contribution in [1.82, 2.24) is 16.0 Å². The Morgan fingerprint density at radius 1 is 1.00 bits per heavy atom. The third-order valence-corrected chi connectivity index (χ3v) is 4.94. The van der Waals surface area contributed by atoms with Gasteiger partial charge < -0.3 is 16.0 Å². The highest BCUT2D eigenvalue weighted by Gasteiger charge is 2.16. The number of guanidine groups is 1. The Morgan fingerprint density at radius 2 is 1.69 bits per heavy atom. The monoisotopic (exact) mass is 358 g/mol. The number of amides is 1. The first kappa shape index (κ1) is 20.3. The highest BCUT2D eigenvalue weighted by Crippen LogP contribution is 2.25. The van der Waals surface area contributed by atoms with Crippen LogP contribution in [0.25, 0.3) is 0 Å². The third-order valence-electron chi connectivity index (χ3n) is 4.94. The Morgan fingerprint density at radius 3 is 2.42 bits per heavy atom. The molecule has 1 aromatic rings. The van der Waals surface area contributed by atoms with Gasteiger partial charge in [-0.3, -0.25) is 9.79 Å². The SMILES string of the molecule is CN=C(NCCCc1ccccc1)NCCNC(=O)CC1CCCCC1. The summed E-state index contributed by atoms with van der Waals surface area (Å²) in [7, 11) is 1.77. The van der Waals surface area contributed by atoms with Crippen LogP contribution in [-0.4, -0.2) is 38.5 Å². The van der Waals surface area contributed by atoms with Gasteiger partial charge in [0, 0.05) is 33.1 Å². The van der Waals surface area contributed by atoms with E-state index in [-0.39, 0.29) is 5.91 Å². The Labute approximate surface area is 158 Å². The summed E-state index contributed by atoms with van der Waals surface area (Å²) in [5.41, 5.74) is 1.36. The highest BCUT2D eigenvalue weighted by atomic mass is 16.1. The summed E-state index contributed by atoms with van der Waals surface area (Å²) in [5, 5.41) is 9.58. The third kappa shape index (κ3) is 8.37. The first-order chi connectivity index (χ1) is 12.8. The van der Waals surface area contributed by atoms with Gasteiger partial charge in [0.25, 0.3) is 0 Å². The van der Waals surface area contributed by atoms with E-state index in [9.17, 15) is 4.79 Å². The first-order valence-corrected chi connectivity index (χ1v) is 10.0. The van der Waals surface area contributed by atoms with Crippen LogP contribution in [0.5, 0.6) is 0 Å². The lowest BCUT2D eigenvalue weighted by Gasteiger charge is -2.20. The number of aliphatic imine (C=N–C) groups is 1. The largest absolute Gasteiger partial charge is 0.356 e. The topological polar surface area (TPSA) is 65.5 Å². The van der Waals surface area contributed by atoms with Crippen LogP contribution in [0.4, 0.5) is 0 Å². The molecule has 0 spiro atoms. The molecule has 26 heavy (non-hydrogen) atoms. The Hall–Kier alpha value is -2.04. The average molecular weight is 359 g/mol. The van der Waals surface area contributed by atoms with E-state index in [1.165, 1.54) is 37.7 Å². The molecule has 0 saturated heterocycles. The molecule has 2 rings (SSSR count). The standard InChI is InChI=1S/C21H34N4O/c1-22-21(24-14-8-13-18-9-4-2-5-10-18)25-16-15-23-20(26)17-19-11-6-3-7-12-19/h2,4-5,9-10,19H,3,6-8,11-17H2,1H3,(H,23,26)(H2,22,24,25). The summed E-state index contributed by atoms with van der Waals surface area (Å²) in [6, 6.07) is 10.5. The van der Waals surface area contributed by atoms with Crippen molar-refractivity contribution < 1.29 is 4.79 Å². The molecule has 0 unspecified atom stereocenters. The number of benzene rings is 1. The number of carbonyl (C=O) groups excluding carboxylic acids is 1. The number of hydrogen-bond acceptors (Lipinski definition) is 2. The van der Waals surface area contributed by atoms with Crippen LogP contribution in [0.2, 0.25) is 0 Å². The molecular weight excluding hydrogens is 324 g/mol. The van der Waals surface area contributed by atoms with Gasteiger partial charge in [0.05, 0.1) is 0 Å². The summed E-state index contributed by atoms with van der Waals surface area (Å²) in [6.45, 7) is 2.20. The maximum atomic E-state index is 12.0. The van der Waals surface area contributed by atoms with E-state index in [1.807, 2.05) is 6.07 Å². The van der Waals surface area contributed by atoms with Gasteiger partial charge >= 0.3 is 0 Å². The van der Waals surface area contributed by atoms with Crippen molar-refractivity contribution in [2.45, 2.75) is 51.4 Å². The van der Waals surface area contributed by atoms with Gasteiger partial charge in [-0.2, -0.15) is 0 Å². The summed E-state index contributed by atoms with van der Waals surface area (Å²) in [4.78, 5) is 16.2. The zero-order valence-corrected chi connectivity index (χ0v) is 16.1. The molecule has 1 saturated carbocycles. The fourth-order valence-electron chi connectivity index (χ4n) is 3.47. The van der Waals surface area contributed by atoms with Crippen LogP contribution in [-0.2, 0) is 11.2 Å². The fourth-order valence-corrected chi connectivity index (χ4v) is 3.47. The smallest absolute Gasteiger partial charge is 0.220 e. The van der Waals surface area contributed by atoms with Crippen LogP contribution in [0.1, 0.15) is 50.5 Å². The summed E-state index contributed by atoms with van der Waals surface area (Å²) < 4.78 is 0. The van der Waals surface area contributed by atoms with Crippen molar-refractivity contribution in [2.75, 3.05) is 26.7 Å². The van der Waals surface area contributed by atoms with Crippen molar-refractivity contribution in [3.05, 3.63) is 35.9 Å². The maximum absolute atomic E-state index is 12.0. The number of nitrogens with one attached hydrogen (secondary N) is 3. The molecule has 0 bridgehead atoms. The molecule has 1 aromatic carbocycles. The summed E-state index contributed by atoms with van der Waals surface area (Å²) in [5.74, 6) is 1.57. The van der Waals surface area contributed by atoms with Gasteiger partial charge in [-0.05, 0) is 37.2 Å². The normalized spacial score (nSPS) is 15.5. The summed E-state index contributed by atoms with van der Waals surface area (Å²) >= 11 is 0. The van der Waals surface area contributed by atoms with Gasteiger partial charge in [0.15, 0.2) is 5.96 Å². The van der Waals surface area contributed by atoms with E-state index in [0.717, 1.165) is 25.3 Å². The van der Waals surface area contributed by atoms with Crippen molar-refractivity contribution >= 4 is 11.9 Å². The molecule has 5 heteroatoms. The van der Waals surface area contributed by atoms with Gasteiger partial charge in [-0.25, -0.2) is 0 Å². The quantitative estimate of drug-likeness (QED) is 0.361. The number of rotatable bonds is 9. The van der Waals surface area contributed by atoms with Crippen LogP contribution >= 0.6 is 0 Å². The molecule has 3 N–H and O–H groups in total. The highest BCUT2D eigenvalue weighted by molar-refractivity contribution is 5.79. The molecule has 1 aliphatic rings. The van der Waals surface area contributed by atoms with Crippen molar-refractivity contribution in [2.24, 2.45) is 10.9 Å². The van der Waals surface area contributed by atoms with E-state index in [1.54, 1.807) is 7.05 Å². The van der Waals surface area contributed by atoms with Gasteiger partial charge in [-0.15, -0.1) is 0 Å². The second kappa shape index (κ2) is 12.3. The molecule has 0 radical (unpaired) electrons. The van der Waals surface area contributed by atoms with E-state index in [2.05, 4.69) is 45.2 Å². The average Bonchev–Trinajstić information content (AvgIpc) is 2.68. The minimum Gasteiger partial charge on any atom is -0.356 e. The second-order valence-electron chi connectivity index (χ2n) is 7.07. The van der Waals surface area contributed by atoms with Gasteiger partial charge in [-0.1, -0.05) is 49.6 Å². The first-order valence-electron chi connectivity index (χ1n) is 10.0. The maximum Gasteiger partial charge on any atom is 0.220 e. The number of aryl methyl sites for hydroxylation is 1.